The monoisotopic (exact) mass is 276 g/mol. The maximum Gasteiger partial charge on any atom is 0.0802 e. The molecule has 3 nitrogen and oxygen atoms in total. The van der Waals surface area contributed by atoms with Gasteiger partial charge >= 0.3 is 0 Å². The van der Waals surface area contributed by atoms with E-state index in [1.165, 1.54) is 0 Å². The number of benzene rings is 1. The molecule has 0 saturated heterocycles. The molecule has 0 fully saturated rings. The van der Waals surface area contributed by atoms with E-state index in [1.54, 1.807) is 19.2 Å². The molecule has 0 aromatic heterocycles. The van der Waals surface area contributed by atoms with Gasteiger partial charge < -0.3 is 4.74 Å². The molecule has 0 saturated carbocycles. The van der Waals surface area contributed by atoms with E-state index in [0.717, 1.165) is 5.56 Å². The first-order chi connectivity index (χ1) is 8.01. The van der Waals surface area contributed by atoms with Crippen molar-refractivity contribution >= 4 is 23.2 Å². The number of methoxy groups -OCH3 is 1. The van der Waals surface area contributed by atoms with Crippen molar-refractivity contribution in [1.82, 2.24) is 5.43 Å². The normalized spacial score (nSPS) is 15.0. The molecule has 0 amide bonds. The van der Waals surface area contributed by atoms with E-state index in [-0.39, 0.29) is 12.1 Å². The van der Waals surface area contributed by atoms with Gasteiger partial charge in [0.15, 0.2) is 0 Å². The van der Waals surface area contributed by atoms with E-state index in [9.17, 15) is 0 Å². The van der Waals surface area contributed by atoms with Gasteiger partial charge in [0.05, 0.1) is 12.1 Å². The topological polar surface area (TPSA) is 47.3 Å². The van der Waals surface area contributed by atoms with Crippen LogP contribution < -0.4 is 11.3 Å². The number of rotatable bonds is 5. The standard InChI is InChI=1S/C12H18Cl2N2O/c1-7(2)12(17-3)11(16-15)9-6-8(13)4-5-10(9)14/h4-7,11-12,16H,15H2,1-3H3. The molecule has 2 unspecified atom stereocenters. The van der Waals surface area contributed by atoms with E-state index in [1.807, 2.05) is 6.07 Å². The van der Waals surface area contributed by atoms with Gasteiger partial charge in [0.2, 0.25) is 0 Å². The minimum absolute atomic E-state index is 0.0732. The molecule has 1 aromatic carbocycles. The van der Waals surface area contributed by atoms with Crippen molar-refractivity contribution in [2.24, 2.45) is 11.8 Å². The van der Waals surface area contributed by atoms with Crippen LogP contribution in [-0.4, -0.2) is 13.2 Å². The smallest absolute Gasteiger partial charge is 0.0802 e. The molecule has 96 valence electrons. The molecule has 0 aliphatic rings. The van der Waals surface area contributed by atoms with Gasteiger partial charge in [-0.3, -0.25) is 11.3 Å². The first-order valence-electron chi connectivity index (χ1n) is 5.45. The Kier molecular flexibility index (Phi) is 5.70. The predicted molar refractivity (Wildman–Crippen MR) is 72.2 cm³/mol. The first kappa shape index (κ1) is 14.7. The second-order valence-corrected chi connectivity index (χ2v) is 5.10. The number of nitrogens with one attached hydrogen (secondary N) is 1. The molecular formula is C12H18Cl2N2O. The highest BCUT2D eigenvalue weighted by Crippen LogP contribution is 2.31. The zero-order valence-electron chi connectivity index (χ0n) is 10.2. The van der Waals surface area contributed by atoms with Gasteiger partial charge in [0.25, 0.3) is 0 Å². The number of hydrazine groups is 1. The summed E-state index contributed by atoms with van der Waals surface area (Å²) in [4.78, 5) is 0. The molecule has 1 aromatic rings. The first-order valence-corrected chi connectivity index (χ1v) is 6.20. The van der Waals surface area contributed by atoms with Gasteiger partial charge in [-0.2, -0.15) is 0 Å². The Bertz CT molecular complexity index is 372. The second kappa shape index (κ2) is 6.57. The van der Waals surface area contributed by atoms with Crippen molar-refractivity contribution in [3.05, 3.63) is 33.8 Å². The summed E-state index contributed by atoms with van der Waals surface area (Å²) in [5, 5.41) is 1.25. The number of halogens is 2. The van der Waals surface area contributed by atoms with Gasteiger partial charge in [-0.15, -0.1) is 0 Å². The summed E-state index contributed by atoms with van der Waals surface area (Å²) in [5.74, 6) is 5.91. The molecule has 0 aliphatic carbocycles. The fraction of sp³-hybridized carbons (Fsp3) is 0.500. The van der Waals surface area contributed by atoms with Crippen LogP contribution in [0.2, 0.25) is 10.0 Å². The zero-order valence-corrected chi connectivity index (χ0v) is 11.7. The summed E-state index contributed by atoms with van der Waals surface area (Å²) >= 11 is 12.1. The maximum atomic E-state index is 6.17. The molecule has 0 bridgehead atoms. The molecule has 2 atom stereocenters. The highest BCUT2D eigenvalue weighted by Gasteiger charge is 2.26. The summed E-state index contributed by atoms with van der Waals surface area (Å²) in [6.07, 6.45) is -0.0732. The van der Waals surface area contributed by atoms with Crippen LogP contribution >= 0.6 is 23.2 Å². The van der Waals surface area contributed by atoms with Crippen LogP contribution in [0.4, 0.5) is 0 Å². The fourth-order valence-corrected chi connectivity index (χ4v) is 2.32. The lowest BCUT2D eigenvalue weighted by Crippen LogP contribution is -2.40. The largest absolute Gasteiger partial charge is 0.379 e. The van der Waals surface area contributed by atoms with E-state index in [2.05, 4.69) is 19.3 Å². The van der Waals surface area contributed by atoms with Gasteiger partial charge in [-0.1, -0.05) is 37.0 Å². The summed E-state index contributed by atoms with van der Waals surface area (Å²) in [5.41, 5.74) is 3.60. The quantitative estimate of drug-likeness (QED) is 0.642. The average molecular weight is 277 g/mol. The minimum Gasteiger partial charge on any atom is -0.379 e. The Hall–Kier alpha value is -0.320. The Balaban J connectivity index is 3.11. The molecule has 5 heteroatoms. The average Bonchev–Trinajstić information content (AvgIpc) is 2.28. The highest BCUT2D eigenvalue weighted by molar-refractivity contribution is 6.33. The molecule has 17 heavy (non-hydrogen) atoms. The van der Waals surface area contributed by atoms with E-state index >= 15 is 0 Å². The Labute approximate surface area is 112 Å². The molecule has 0 aliphatic heterocycles. The van der Waals surface area contributed by atoms with Crippen molar-refractivity contribution in [2.75, 3.05) is 7.11 Å². The van der Waals surface area contributed by atoms with Crippen molar-refractivity contribution in [1.29, 1.82) is 0 Å². The van der Waals surface area contributed by atoms with E-state index < -0.39 is 0 Å². The Morgan fingerprint density at radius 1 is 1.29 bits per heavy atom. The molecule has 0 heterocycles. The Morgan fingerprint density at radius 2 is 1.94 bits per heavy atom. The highest BCUT2D eigenvalue weighted by atomic mass is 35.5. The zero-order chi connectivity index (χ0) is 13.0. The molecule has 0 radical (unpaired) electrons. The molecular weight excluding hydrogens is 259 g/mol. The molecule has 1 rings (SSSR count). The van der Waals surface area contributed by atoms with Crippen LogP contribution in [0.5, 0.6) is 0 Å². The minimum atomic E-state index is -0.189. The SMILES string of the molecule is COC(C(C)C)C(NN)c1cc(Cl)ccc1Cl. The van der Waals surface area contributed by atoms with Gasteiger partial charge in [-0.05, 0) is 29.7 Å². The Morgan fingerprint density at radius 3 is 2.41 bits per heavy atom. The number of nitrogens with two attached hydrogens (primary N) is 1. The van der Waals surface area contributed by atoms with Crippen molar-refractivity contribution < 1.29 is 4.74 Å². The van der Waals surface area contributed by atoms with Crippen LogP contribution in [0.3, 0.4) is 0 Å². The predicted octanol–water partition coefficient (Wildman–Crippen LogP) is 3.17. The number of hydrogen-bond acceptors (Lipinski definition) is 3. The molecule has 3 N–H and O–H groups in total. The summed E-state index contributed by atoms with van der Waals surface area (Å²) < 4.78 is 5.47. The van der Waals surface area contributed by atoms with Crippen LogP contribution in [0.1, 0.15) is 25.5 Å². The third kappa shape index (κ3) is 3.57. The van der Waals surface area contributed by atoms with Crippen LogP contribution in [0.15, 0.2) is 18.2 Å². The third-order valence-corrected chi connectivity index (χ3v) is 3.31. The lowest BCUT2D eigenvalue weighted by atomic mass is 9.94. The van der Waals surface area contributed by atoms with Gasteiger partial charge in [-0.25, -0.2) is 0 Å². The van der Waals surface area contributed by atoms with Crippen molar-refractivity contribution in [2.45, 2.75) is 26.0 Å². The summed E-state index contributed by atoms with van der Waals surface area (Å²) in [7, 11) is 1.66. The van der Waals surface area contributed by atoms with Crippen molar-refractivity contribution in [3.63, 3.8) is 0 Å². The fourth-order valence-electron chi connectivity index (χ4n) is 1.91. The van der Waals surface area contributed by atoms with E-state index in [0.29, 0.717) is 16.0 Å². The number of hydrogen-bond donors (Lipinski definition) is 2. The third-order valence-electron chi connectivity index (χ3n) is 2.73. The second-order valence-electron chi connectivity index (χ2n) is 4.25. The lowest BCUT2D eigenvalue weighted by molar-refractivity contribution is 0.0326. The lowest BCUT2D eigenvalue weighted by Gasteiger charge is -2.29. The van der Waals surface area contributed by atoms with Crippen molar-refractivity contribution in [3.8, 4) is 0 Å². The van der Waals surface area contributed by atoms with Gasteiger partial charge in [0.1, 0.15) is 0 Å². The van der Waals surface area contributed by atoms with Crippen LogP contribution in [0.25, 0.3) is 0 Å². The van der Waals surface area contributed by atoms with Crippen LogP contribution in [0, 0.1) is 5.92 Å². The number of ether oxygens (including phenoxy) is 1. The summed E-state index contributed by atoms with van der Waals surface area (Å²) in [6, 6.07) is 5.13. The summed E-state index contributed by atoms with van der Waals surface area (Å²) in [6.45, 7) is 4.13. The maximum absolute atomic E-state index is 6.17. The van der Waals surface area contributed by atoms with Crippen LogP contribution in [-0.2, 0) is 4.74 Å². The molecule has 0 spiro atoms. The van der Waals surface area contributed by atoms with E-state index in [4.69, 9.17) is 33.8 Å². The van der Waals surface area contributed by atoms with Gasteiger partial charge in [0, 0.05) is 17.2 Å².